The molecule has 3 heterocycles. The first-order chi connectivity index (χ1) is 16.1. The molecule has 0 N–H and O–H groups in total. The van der Waals surface area contributed by atoms with Crippen molar-refractivity contribution in [3.8, 4) is 5.75 Å². The van der Waals surface area contributed by atoms with Gasteiger partial charge in [-0.2, -0.15) is 0 Å². The van der Waals surface area contributed by atoms with Gasteiger partial charge in [-0.25, -0.2) is 4.98 Å². The number of rotatable bonds is 6. The van der Waals surface area contributed by atoms with E-state index in [0.29, 0.717) is 60.3 Å². The fourth-order valence-electron chi connectivity index (χ4n) is 3.78. The van der Waals surface area contributed by atoms with Gasteiger partial charge in [0.1, 0.15) is 16.5 Å². The summed E-state index contributed by atoms with van der Waals surface area (Å²) in [7, 11) is 1.56. The van der Waals surface area contributed by atoms with E-state index in [2.05, 4.69) is 10.1 Å². The summed E-state index contributed by atoms with van der Waals surface area (Å²) in [4.78, 5) is 34.4. The summed E-state index contributed by atoms with van der Waals surface area (Å²) in [5.41, 5.74) is 1.91. The van der Waals surface area contributed by atoms with Crippen LogP contribution in [0.5, 0.6) is 5.75 Å². The number of pyridine rings is 1. The highest BCUT2D eigenvalue weighted by atomic mass is 32.2. The molecule has 1 aromatic carbocycles. The highest BCUT2D eigenvalue weighted by Gasteiger charge is 2.26. The van der Waals surface area contributed by atoms with Crippen LogP contribution in [0.25, 0.3) is 0 Å². The van der Waals surface area contributed by atoms with Gasteiger partial charge in [0, 0.05) is 44.2 Å². The largest absolute Gasteiger partial charge is 0.496 e. The smallest absolute Gasteiger partial charge is 0.257 e. The zero-order valence-corrected chi connectivity index (χ0v) is 19.5. The van der Waals surface area contributed by atoms with Crippen molar-refractivity contribution < 1.29 is 18.8 Å². The average Bonchev–Trinajstić information content (AvgIpc) is 3.11. The molecule has 0 saturated carbocycles. The quantitative estimate of drug-likeness (QED) is 0.512. The van der Waals surface area contributed by atoms with Crippen LogP contribution in [0.2, 0.25) is 0 Å². The molecule has 33 heavy (non-hydrogen) atoms. The number of para-hydroxylation sites is 1. The van der Waals surface area contributed by atoms with Gasteiger partial charge in [0.2, 0.25) is 0 Å². The topological polar surface area (TPSA) is 88.8 Å². The standard InChI is InChI=1S/C24H26N4O4S/c1-17-15-18(26-32-17)16-33-22-20(8-5-10-25-22)24(30)28-12-6-11-27(13-14-28)23(29)19-7-3-4-9-21(19)31-2/h3-5,7-10,15H,6,11-14,16H2,1-2H3. The van der Waals surface area contributed by atoms with Gasteiger partial charge >= 0.3 is 0 Å². The Balaban J connectivity index is 1.43. The Bertz CT molecular complexity index is 1130. The highest BCUT2D eigenvalue weighted by molar-refractivity contribution is 7.98. The predicted molar refractivity (Wildman–Crippen MR) is 124 cm³/mol. The third-order valence-electron chi connectivity index (χ3n) is 5.44. The number of hydrogen-bond acceptors (Lipinski definition) is 7. The molecule has 2 aromatic heterocycles. The van der Waals surface area contributed by atoms with Crippen LogP contribution in [-0.2, 0) is 5.75 Å². The summed E-state index contributed by atoms with van der Waals surface area (Å²) in [6.45, 7) is 3.93. The van der Waals surface area contributed by atoms with Crippen LogP contribution in [0.4, 0.5) is 0 Å². The number of aryl methyl sites for hydroxylation is 1. The molecule has 3 aromatic rings. The SMILES string of the molecule is COc1ccccc1C(=O)N1CCCN(C(=O)c2cccnc2SCc2cc(C)on2)CC1. The lowest BCUT2D eigenvalue weighted by atomic mass is 10.1. The lowest BCUT2D eigenvalue weighted by molar-refractivity contribution is 0.0714. The molecule has 0 aliphatic carbocycles. The van der Waals surface area contributed by atoms with Gasteiger partial charge in [0.05, 0.1) is 23.9 Å². The van der Waals surface area contributed by atoms with Crippen molar-refractivity contribution in [3.05, 3.63) is 71.2 Å². The first kappa shape index (κ1) is 22.8. The van der Waals surface area contributed by atoms with E-state index in [4.69, 9.17) is 9.26 Å². The van der Waals surface area contributed by atoms with E-state index in [1.807, 2.05) is 25.1 Å². The molecule has 0 bridgehead atoms. The van der Waals surface area contributed by atoms with Crippen LogP contribution in [-0.4, -0.2) is 65.0 Å². The second kappa shape index (κ2) is 10.5. The monoisotopic (exact) mass is 466 g/mol. The maximum atomic E-state index is 13.4. The fraction of sp³-hybridized carbons (Fsp3) is 0.333. The number of ether oxygens (including phenoxy) is 1. The fourth-order valence-corrected chi connectivity index (χ4v) is 4.65. The van der Waals surface area contributed by atoms with Crippen molar-refractivity contribution in [2.75, 3.05) is 33.3 Å². The number of carbonyl (C=O) groups excluding carboxylic acids is 2. The first-order valence-electron chi connectivity index (χ1n) is 10.8. The maximum absolute atomic E-state index is 13.4. The number of hydrogen-bond donors (Lipinski definition) is 0. The minimum Gasteiger partial charge on any atom is -0.496 e. The summed E-state index contributed by atoms with van der Waals surface area (Å²) in [6, 6.07) is 12.7. The molecule has 0 atom stereocenters. The zero-order valence-electron chi connectivity index (χ0n) is 18.7. The Kier molecular flexibility index (Phi) is 7.29. The van der Waals surface area contributed by atoms with Crippen LogP contribution in [0.15, 0.2) is 58.2 Å². The summed E-state index contributed by atoms with van der Waals surface area (Å²) < 4.78 is 10.5. The maximum Gasteiger partial charge on any atom is 0.257 e. The van der Waals surface area contributed by atoms with Crippen molar-refractivity contribution in [2.24, 2.45) is 0 Å². The lowest BCUT2D eigenvalue weighted by Crippen LogP contribution is -2.37. The molecular weight excluding hydrogens is 440 g/mol. The number of amides is 2. The molecule has 0 radical (unpaired) electrons. The summed E-state index contributed by atoms with van der Waals surface area (Å²) in [5.74, 6) is 1.71. The molecule has 1 saturated heterocycles. The van der Waals surface area contributed by atoms with E-state index in [1.165, 1.54) is 11.8 Å². The van der Waals surface area contributed by atoms with E-state index in [9.17, 15) is 9.59 Å². The number of methoxy groups -OCH3 is 1. The van der Waals surface area contributed by atoms with Gasteiger partial charge in [0.15, 0.2) is 0 Å². The molecule has 9 heteroatoms. The third kappa shape index (κ3) is 5.36. The number of aromatic nitrogens is 2. The summed E-state index contributed by atoms with van der Waals surface area (Å²) >= 11 is 1.46. The van der Waals surface area contributed by atoms with E-state index >= 15 is 0 Å². The van der Waals surface area contributed by atoms with Crippen molar-refractivity contribution in [1.82, 2.24) is 19.9 Å². The van der Waals surface area contributed by atoms with Crippen LogP contribution in [0.1, 0.15) is 38.6 Å². The second-order valence-electron chi connectivity index (χ2n) is 7.71. The molecular formula is C24H26N4O4S. The van der Waals surface area contributed by atoms with Crippen molar-refractivity contribution in [3.63, 3.8) is 0 Å². The Hall–Kier alpha value is -3.33. The molecule has 2 amide bonds. The van der Waals surface area contributed by atoms with E-state index < -0.39 is 0 Å². The Morgan fingerprint density at radius 1 is 1.03 bits per heavy atom. The molecule has 172 valence electrons. The van der Waals surface area contributed by atoms with Crippen LogP contribution < -0.4 is 4.74 Å². The van der Waals surface area contributed by atoms with E-state index in [0.717, 1.165) is 11.5 Å². The van der Waals surface area contributed by atoms with E-state index in [1.54, 1.807) is 47.4 Å². The zero-order chi connectivity index (χ0) is 23.2. The number of benzene rings is 1. The molecule has 1 aliphatic rings. The second-order valence-corrected chi connectivity index (χ2v) is 8.68. The Morgan fingerprint density at radius 3 is 2.42 bits per heavy atom. The Labute approximate surface area is 196 Å². The number of carbonyl (C=O) groups is 2. The first-order valence-corrected chi connectivity index (χ1v) is 11.8. The van der Waals surface area contributed by atoms with Gasteiger partial charge in [-0.1, -0.05) is 29.1 Å². The van der Waals surface area contributed by atoms with Gasteiger partial charge in [-0.3, -0.25) is 9.59 Å². The van der Waals surface area contributed by atoms with Gasteiger partial charge in [-0.15, -0.1) is 0 Å². The average molecular weight is 467 g/mol. The van der Waals surface area contributed by atoms with Gasteiger partial charge in [-0.05, 0) is 37.6 Å². The summed E-state index contributed by atoms with van der Waals surface area (Å²) in [5, 5.41) is 4.67. The molecule has 1 fully saturated rings. The number of thioether (sulfide) groups is 1. The van der Waals surface area contributed by atoms with Crippen molar-refractivity contribution in [2.45, 2.75) is 24.1 Å². The Morgan fingerprint density at radius 2 is 1.73 bits per heavy atom. The minimum atomic E-state index is -0.0812. The van der Waals surface area contributed by atoms with Gasteiger partial charge in [0.25, 0.3) is 11.8 Å². The van der Waals surface area contributed by atoms with Crippen molar-refractivity contribution in [1.29, 1.82) is 0 Å². The normalized spacial score (nSPS) is 14.1. The predicted octanol–water partition coefficient (Wildman–Crippen LogP) is 3.67. The molecule has 0 unspecified atom stereocenters. The summed E-state index contributed by atoms with van der Waals surface area (Å²) in [6.07, 6.45) is 2.39. The minimum absolute atomic E-state index is 0.0754. The third-order valence-corrected chi connectivity index (χ3v) is 6.48. The van der Waals surface area contributed by atoms with Gasteiger partial charge < -0.3 is 19.1 Å². The molecule has 4 rings (SSSR count). The molecule has 1 aliphatic heterocycles. The molecule has 8 nitrogen and oxygen atoms in total. The highest BCUT2D eigenvalue weighted by Crippen LogP contribution is 2.26. The van der Waals surface area contributed by atoms with Crippen LogP contribution in [0, 0.1) is 6.92 Å². The van der Waals surface area contributed by atoms with E-state index in [-0.39, 0.29) is 11.8 Å². The molecule has 0 spiro atoms. The van der Waals surface area contributed by atoms with Crippen LogP contribution in [0.3, 0.4) is 0 Å². The van der Waals surface area contributed by atoms with Crippen LogP contribution >= 0.6 is 11.8 Å². The van der Waals surface area contributed by atoms with Crippen molar-refractivity contribution >= 4 is 23.6 Å². The number of nitrogens with zero attached hydrogens (tertiary/aromatic N) is 4. The lowest BCUT2D eigenvalue weighted by Gasteiger charge is -2.23.